The Labute approximate surface area is 89.9 Å². The van der Waals surface area contributed by atoms with E-state index in [9.17, 15) is 0 Å². The quantitative estimate of drug-likeness (QED) is 0.652. The van der Waals surface area contributed by atoms with Crippen LogP contribution < -0.4 is 0 Å². The van der Waals surface area contributed by atoms with E-state index in [-0.39, 0.29) is 0 Å². The van der Waals surface area contributed by atoms with Crippen LogP contribution in [-0.2, 0) is 0 Å². The molecule has 1 nitrogen and oxygen atoms in total. The highest BCUT2D eigenvalue weighted by atomic mass is 15.2. The Bertz CT molecular complexity index is 169. The Morgan fingerprint density at radius 2 is 1.79 bits per heavy atom. The van der Waals surface area contributed by atoms with Crippen LogP contribution in [0.25, 0.3) is 0 Å². The van der Waals surface area contributed by atoms with E-state index in [0.29, 0.717) is 5.41 Å². The molecular formula is C13H27N. The number of piperidine rings is 1. The van der Waals surface area contributed by atoms with Crippen LogP contribution in [0, 0.1) is 5.41 Å². The minimum absolute atomic E-state index is 0.448. The lowest BCUT2D eigenvalue weighted by Gasteiger charge is -2.47. The maximum absolute atomic E-state index is 2.74. The number of hydrogen-bond donors (Lipinski definition) is 0. The average Bonchev–Trinajstić information content (AvgIpc) is 2.15. The van der Waals surface area contributed by atoms with Crippen LogP contribution in [0.1, 0.15) is 60.3 Å². The molecule has 0 spiro atoms. The Hall–Kier alpha value is -0.0400. The SMILES string of the molecule is CCC1CCCC(C(C)(C)C)N1CC. The molecule has 1 heterocycles. The lowest BCUT2D eigenvalue weighted by atomic mass is 9.78. The van der Waals surface area contributed by atoms with Crippen molar-refractivity contribution in [3.05, 3.63) is 0 Å². The van der Waals surface area contributed by atoms with Gasteiger partial charge in [-0.1, -0.05) is 41.0 Å². The molecule has 0 N–H and O–H groups in total. The molecule has 0 aromatic rings. The van der Waals surface area contributed by atoms with Gasteiger partial charge >= 0.3 is 0 Å². The molecule has 2 atom stereocenters. The van der Waals surface area contributed by atoms with Crippen LogP contribution >= 0.6 is 0 Å². The van der Waals surface area contributed by atoms with Gasteiger partial charge < -0.3 is 0 Å². The Morgan fingerprint density at radius 1 is 1.14 bits per heavy atom. The Balaban J connectivity index is 2.73. The second-order valence-corrected chi connectivity index (χ2v) is 5.71. The fraction of sp³-hybridized carbons (Fsp3) is 1.00. The van der Waals surface area contributed by atoms with Crippen molar-refractivity contribution in [1.82, 2.24) is 4.90 Å². The van der Waals surface area contributed by atoms with Gasteiger partial charge in [0.2, 0.25) is 0 Å². The molecule has 1 rings (SSSR count). The summed E-state index contributed by atoms with van der Waals surface area (Å²) < 4.78 is 0. The van der Waals surface area contributed by atoms with E-state index in [2.05, 4.69) is 39.5 Å². The largest absolute Gasteiger partial charge is 0.297 e. The standard InChI is InChI=1S/C13H27N/c1-6-11-9-8-10-12(13(3,4)5)14(11)7-2/h11-12H,6-10H2,1-5H3. The van der Waals surface area contributed by atoms with Gasteiger partial charge in [-0.05, 0) is 31.2 Å². The van der Waals surface area contributed by atoms with Crippen molar-refractivity contribution in [3.8, 4) is 0 Å². The molecule has 0 aliphatic carbocycles. The first-order valence-corrected chi connectivity index (χ1v) is 6.26. The molecule has 1 fully saturated rings. The summed E-state index contributed by atoms with van der Waals surface area (Å²) in [5.41, 5.74) is 0.448. The molecule has 0 saturated carbocycles. The first-order valence-electron chi connectivity index (χ1n) is 6.26. The van der Waals surface area contributed by atoms with E-state index in [1.54, 1.807) is 0 Å². The summed E-state index contributed by atoms with van der Waals surface area (Å²) in [6, 6.07) is 1.64. The molecular weight excluding hydrogens is 170 g/mol. The summed E-state index contributed by atoms with van der Waals surface area (Å²) in [6.07, 6.45) is 5.56. The normalized spacial score (nSPS) is 30.6. The number of nitrogens with zero attached hydrogens (tertiary/aromatic N) is 1. The predicted octanol–water partition coefficient (Wildman–Crippen LogP) is 3.69. The van der Waals surface area contributed by atoms with Gasteiger partial charge in [0.05, 0.1) is 0 Å². The van der Waals surface area contributed by atoms with Gasteiger partial charge in [-0.25, -0.2) is 0 Å². The van der Waals surface area contributed by atoms with Crippen molar-refractivity contribution in [2.45, 2.75) is 72.4 Å². The molecule has 1 aliphatic rings. The molecule has 0 radical (unpaired) electrons. The van der Waals surface area contributed by atoms with Gasteiger partial charge in [0.15, 0.2) is 0 Å². The zero-order chi connectivity index (χ0) is 10.8. The molecule has 84 valence electrons. The van der Waals surface area contributed by atoms with Gasteiger partial charge in [0, 0.05) is 12.1 Å². The zero-order valence-electron chi connectivity index (χ0n) is 10.6. The van der Waals surface area contributed by atoms with E-state index in [1.807, 2.05) is 0 Å². The van der Waals surface area contributed by atoms with Crippen molar-refractivity contribution in [3.63, 3.8) is 0 Å². The van der Waals surface area contributed by atoms with Crippen molar-refractivity contribution >= 4 is 0 Å². The lowest BCUT2D eigenvalue weighted by molar-refractivity contribution is 0.0220. The highest BCUT2D eigenvalue weighted by molar-refractivity contribution is 4.90. The average molecular weight is 197 g/mol. The molecule has 1 saturated heterocycles. The predicted molar refractivity (Wildman–Crippen MR) is 63.6 cm³/mol. The molecule has 0 bridgehead atoms. The maximum atomic E-state index is 2.74. The summed E-state index contributed by atoms with van der Waals surface area (Å²) in [6.45, 7) is 13.0. The molecule has 2 unspecified atom stereocenters. The summed E-state index contributed by atoms with van der Waals surface area (Å²) in [5, 5.41) is 0. The molecule has 1 aliphatic heterocycles. The first-order chi connectivity index (χ1) is 6.50. The third-order valence-corrected chi connectivity index (χ3v) is 3.72. The van der Waals surface area contributed by atoms with Crippen molar-refractivity contribution in [1.29, 1.82) is 0 Å². The second kappa shape index (κ2) is 4.65. The Morgan fingerprint density at radius 3 is 2.21 bits per heavy atom. The van der Waals surface area contributed by atoms with E-state index < -0.39 is 0 Å². The van der Waals surface area contributed by atoms with Crippen LogP contribution in [0.15, 0.2) is 0 Å². The van der Waals surface area contributed by atoms with E-state index in [4.69, 9.17) is 0 Å². The zero-order valence-corrected chi connectivity index (χ0v) is 10.6. The summed E-state index contributed by atoms with van der Waals surface area (Å²) in [7, 11) is 0. The summed E-state index contributed by atoms with van der Waals surface area (Å²) in [5.74, 6) is 0. The van der Waals surface area contributed by atoms with Crippen LogP contribution in [0.2, 0.25) is 0 Å². The Kier molecular flexibility index (Phi) is 4.00. The topological polar surface area (TPSA) is 3.24 Å². The van der Waals surface area contributed by atoms with Crippen LogP contribution in [0.3, 0.4) is 0 Å². The third kappa shape index (κ3) is 2.50. The number of likely N-dealkylation sites (tertiary alicyclic amines) is 1. The summed E-state index contributed by atoms with van der Waals surface area (Å²) in [4.78, 5) is 2.74. The van der Waals surface area contributed by atoms with Gasteiger partial charge in [-0.2, -0.15) is 0 Å². The molecule has 0 aromatic carbocycles. The summed E-state index contributed by atoms with van der Waals surface area (Å²) >= 11 is 0. The van der Waals surface area contributed by atoms with Gasteiger partial charge in [0.1, 0.15) is 0 Å². The van der Waals surface area contributed by atoms with Crippen LogP contribution in [-0.4, -0.2) is 23.5 Å². The smallest absolute Gasteiger partial charge is 0.0147 e. The van der Waals surface area contributed by atoms with Crippen LogP contribution in [0.5, 0.6) is 0 Å². The van der Waals surface area contributed by atoms with E-state index in [0.717, 1.165) is 12.1 Å². The van der Waals surface area contributed by atoms with E-state index in [1.165, 1.54) is 32.2 Å². The minimum Gasteiger partial charge on any atom is -0.297 e. The lowest BCUT2D eigenvalue weighted by Crippen LogP contribution is -2.51. The third-order valence-electron chi connectivity index (χ3n) is 3.72. The molecule has 14 heavy (non-hydrogen) atoms. The highest BCUT2D eigenvalue weighted by Gasteiger charge is 2.35. The van der Waals surface area contributed by atoms with Crippen LogP contribution in [0.4, 0.5) is 0 Å². The molecule has 1 heteroatoms. The van der Waals surface area contributed by atoms with Gasteiger partial charge in [0.25, 0.3) is 0 Å². The fourth-order valence-electron chi connectivity index (χ4n) is 2.98. The maximum Gasteiger partial charge on any atom is 0.0147 e. The van der Waals surface area contributed by atoms with Crippen molar-refractivity contribution in [2.75, 3.05) is 6.54 Å². The number of rotatable bonds is 2. The second-order valence-electron chi connectivity index (χ2n) is 5.71. The van der Waals surface area contributed by atoms with Crippen molar-refractivity contribution in [2.24, 2.45) is 5.41 Å². The van der Waals surface area contributed by atoms with E-state index >= 15 is 0 Å². The van der Waals surface area contributed by atoms with Gasteiger partial charge in [-0.15, -0.1) is 0 Å². The van der Waals surface area contributed by atoms with Crippen molar-refractivity contribution < 1.29 is 0 Å². The fourth-order valence-corrected chi connectivity index (χ4v) is 2.98. The molecule has 0 aromatic heterocycles. The first kappa shape index (κ1) is 12.0. The molecule has 0 amide bonds. The monoisotopic (exact) mass is 197 g/mol. The van der Waals surface area contributed by atoms with Gasteiger partial charge in [-0.3, -0.25) is 4.90 Å². The minimum atomic E-state index is 0.448. The highest BCUT2D eigenvalue weighted by Crippen LogP contribution is 2.35. The number of hydrogen-bond acceptors (Lipinski definition) is 1.